The first kappa shape index (κ1) is 16.7. The molecular weight excluding hydrogens is 302 g/mol. The van der Waals surface area contributed by atoms with Crippen molar-refractivity contribution in [2.45, 2.75) is 26.7 Å². The largest absolute Gasteiger partial charge is 0.486 e. The summed E-state index contributed by atoms with van der Waals surface area (Å²) in [5.41, 5.74) is 1.96. The first-order valence-electron chi connectivity index (χ1n) is 7.29. The van der Waals surface area contributed by atoms with Crippen molar-refractivity contribution in [1.82, 2.24) is 4.98 Å². The van der Waals surface area contributed by atoms with Crippen LogP contribution in [0.15, 0.2) is 42.7 Å². The maximum absolute atomic E-state index is 6.08. The van der Waals surface area contributed by atoms with E-state index in [1.54, 1.807) is 18.5 Å². The third-order valence-corrected chi connectivity index (χ3v) is 3.37. The van der Waals surface area contributed by atoms with E-state index in [-0.39, 0.29) is 6.29 Å². The van der Waals surface area contributed by atoms with E-state index in [0.29, 0.717) is 30.6 Å². The van der Waals surface area contributed by atoms with Gasteiger partial charge in [0, 0.05) is 25.0 Å². The first-order valence-corrected chi connectivity index (χ1v) is 7.67. The van der Waals surface area contributed by atoms with Gasteiger partial charge in [0.25, 0.3) is 0 Å². The molecule has 0 bridgehead atoms. The van der Waals surface area contributed by atoms with Crippen molar-refractivity contribution in [3.8, 4) is 5.75 Å². The van der Waals surface area contributed by atoms with Crippen molar-refractivity contribution in [3.05, 3.63) is 58.9 Å². The molecule has 0 aliphatic heterocycles. The van der Waals surface area contributed by atoms with E-state index in [1.807, 2.05) is 38.1 Å². The Morgan fingerprint density at radius 1 is 1.09 bits per heavy atom. The van der Waals surface area contributed by atoms with E-state index in [2.05, 4.69) is 4.98 Å². The van der Waals surface area contributed by atoms with Crippen LogP contribution < -0.4 is 4.74 Å². The molecule has 0 aliphatic rings. The zero-order valence-electron chi connectivity index (χ0n) is 12.8. The number of hydrogen-bond acceptors (Lipinski definition) is 4. The molecule has 118 valence electrons. The molecule has 0 unspecified atom stereocenters. The number of nitrogens with zero attached hydrogens (tertiary/aromatic N) is 1. The quantitative estimate of drug-likeness (QED) is 0.676. The van der Waals surface area contributed by atoms with E-state index in [4.69, 9.17) is 25.8 Å². The molecule has 0 spiro atoms. The number of halogens is 1. The molecule has 0 saturated carbocycles. The predicted octanol–water partition coefficient (Wildman–Crippen LogP) is 4.39. The van der Waals surface area contributed by atoms with Crippen molar-refractivity contribution in [2.24, 2.45) is 0 Å². The Kier molecular flexibility index (Phi) is 6.65. The maximum atomic E-state index is 6.08. The summed E-state index contributed by atoms with van der Waals surface area (Å²) >= 11 is 6.08. The summed E-state index contributed by atoms with van der Waals surface area (Å²) in [6.07, 6.45) is 2.84. The molecule has 0 atom stereocenters. The number of hydrogen-bond donors (Lipinski definition) is 0. The van der Waals surface area contributed by atoms with Crippen LogP contribution in [0, 0.1) is 0 Å². The highest BCUT2D eigenvalue weighted by atomic mass is 35.5. The van der Waals surface area contributed by atoms with Gasteiger partial charge in [-0.15, -0.1) is 0 Å². The Labute approximate surface area is 136 Å². The molecule has 4 nitrogen and oxygen atoms in total. The normalized spacial score (nSPS) is 10.9. The van der Waals surface area contributed by atoms with Crippen LogP contribution >= 0.6 is 11.6 Å². The average molecular weight is 322 g/mol. The molecule has 0 radical (unpaired) electrons. The molecule has 2 rings (SSSR count). The Balaban J connectivity index is 2.15. The lowest BCUT2D eigenvalue weighted by Crippen LogP contribution is -2.12. The van der Waals surface area contributed by atoms with Gasteiger partial charge in [0.15, 0.2) is 12.0 Å². The van der Waals surface area contributed by atoms with Gasteiger partial charge >= 0.3 is 0 Å². The van der Waals surface area contributed by atoms with Crippen molar-refractivity contribution >= 4 is 11.6 Å². The third kappa shape index (κ3) is 4.44. The summed E-state index contributed by atoms with van der Waals surface area (Å²) < 4.78 is 17.1. The third-order valence-electron chi connectivity index (χ3n) is 3.06. The second-order valence-corrected chi connectivity index (χ2v) is 4.94. The smallest absolute Gasteiger partial charge is 0.184 e. The van der Waals surface area contributed by atoms with Crippen LogP contribution in [0.5, 0.6) is 5.75 Å². The van der Waals surface area contributed by atoms with Crippen LogP contribution in [0.4, 0.5) is 0 Å². The minimum atomic E-state index is -0.390. The fourth-order valence-electron chi connectivity index (χ4n) is 2.05. The van der Waals surface area contributed by atoms with Gasteiger partial charge in [-0.3, -0.25) is 4.98 Å². The minimum absolute atomic E-state index is 0.373. The highest BCUT2D eigenvalue weighted by molar-refractivity contribution is 6.31. The summed E-state index contributed by atoms with van der Waals surface area (Å²) in [6.45, 7) is 5.42. The highest BCUT2D eigenvalue weighted by Gasteiger charge is 2.16. The van der Waals surface area contributed by atoms with Gasteiger partial charge < -0.3 is 14.2 Å². The van der Waals surface area contributed by atoms with Crippen LogP contribution in [-0.4, -0.2) is 18.2 Å². The summed E-state index contributed by atoms with van der Waals surface area (Å²) in [5.74, 6) is 0.559. The average Bonchev–Trinajstić information content (AvgIpc) is 2.54. The molecule has 1 heterocycles. The SMILES string of the molecule is CCOC(OCC)c1ccccc1COc1cnccc1Cl. The standard InChI is InChI=1S/C17H20ClNO3/c1-3-20-17(21-4-2)14-8-6-5-7-13(14)12-22-16-11-19-10-9-15(16)18/h5-11,17H,3-4,12H2,1-2H3. The predicted molar refractivity (Wildman–Crippen MR) is 86.0 cm³/mol. The van der Waals surface area contributed by atoms with E-state index < -0.39 is 0 Å². The topological polar surface area (TPSA) is 40.6 Å². The van der Waals surface area contributed by atoms with E-state index >= 15 is 0 Å². The van der Waals surface area contributed by atoms with Gasteiger partial charge in [-0.1, -0.05) is 35.9 Å². The number of aromatic nitrogens is 1. The van der Waals surface area contributed by atoms with Gasteiger partial charge in [-0.2, -0.15) is 0 Å². The number of ether oxygens (including phenoxy) is 3. The fraction of sp³-hybridized carbons (Fsp3) is 0.353. The summed E-state index contributed by atoms with van der Waals surface area (Å²) in [7, 11) is 0. The van der Waals surface area contributed by atoms with Crippen LogP contribution in [-0.2, 0) is 16.1 Å². The lowest BCUT2D eigenvalue weighted by atomic mass is 10.1. The molecule has 5 heteroatoms. The van der Waals surface area contributed by atoms with Gasteiger partial charge in [0.05, 0.1) is 11.2 Å². The zero-order valence-corrected chi connectivity index (χ0v) is 13.5. The summed E-state index contributed by atoms with van der Waals surface area (Å²) in [4.78, 5) is 4.02. The second-order valence-electron chi connectivity index (χ2n) is 4.54. The van der Waals surface area contributed by atoms with Crippen molar-refractivity contribution in [2.75, 3.05) is 13.2 Å². The fourth-order valence-corrected chi connectivity index (χ4v) is 2.21. The monoisotopic (exact) mass is 321 g/mol. The summed E-state index contributed by atoms with van der Waals surface area (Å²) in [6, 6.07) is 9.60. The molecule has 0 aliphatic carbocycles. The van der Waals surface area contributed by atoms with Crippen LogP contribution in [0.25, 0.3) is 0 Å². The molecule has 0 saturated heterocycles. The van der Waals surface area contributed by atoms with Crippen molar-refractivity contribution in [1.29, 1.82) is 0 Å². The van der Waals surface area contributed by atoms with Gasteiger partial charge in [0.1, 0.15) is 6.61 Å². The van der Waals surface area contributed by atoms with Gasteiger partial charge in [-0.05, 0) is 25.5 Å². The van der Waals surface area contributed by atoms with E-state index in [0.717, 1.165) is 11.1 Å². The molecule has 22 heavy (non-hydrogen) atoms. The van der Waals surface area contributed by atoms with Crippen molar-refractivity contribution in [3.63, 3.8) is 0 Å². The highest BCUT2D eigenvalue weighted by Crippen LogP contribution is 2.26. The number of rotatable bonds is 8. The number of benzene rings is 1. The lowest BCUT2D eigenvalue weighted by molar-refractivity contribution is -0.140. The molecule has 2 aromatic rings. The van der Waals surface area contributed by atoms with Crippen LogP contribution in [0.1, 0.15) is 31.3 Å². The molecule has 1 aromatic heterocycles. The Morgan fingerprint density at radius 2 is 1.82 bits per heavy atom. The molecule has 0 N–H and O–H groups in total. The van der Waals surface area contributed by atoms with E-state index in [9.17, 15) is 0 Å². The molecule has 0 amide bonds. The Morgan fingerprint density at radius 3 is 2.50 bits per heavy atom. The number of pyridine rings is 1. The maximum Gasteiger partial charge on any atom is 0.184 e. The second kappa shape index (κ2) is 8.73. The van der Waals surface area contributed by atoms with Crippen LogP contribution in [0.3, 0.4) is 0 Å². The summed E-state index contributed by atoms with van der Waals surface area (Å²) in [5, 5.41) is 0.540. The van der Waals surface area contributed by atoms with Gasteiger partial charge in [-0.25, -0.2) is 0 Å². The zero-order chi connectivity index (χ0) is 15.8. The first-order chi connectivity index (χ1) is 10.8. The van der Waals surface area contributed by atoms with E-state index in [1.165, 1.54) is 0 Å². The Hall–Kier alpha value is -1.62. The lowest BCUT2D eigenvalue weighted by Gasteiger charge is -2.20. The minimum Gasteiger partial charge on any atom is -0.486 e. The molecule has 1 aromatic carbocycles. The molecular formula is C17H20ClNO3. The van der Waals surface area contributed by atoms with Gasteiger partial charge in [0.2, 0.25) is 0 Å². The molecule has 0 fully saturated rings. The Bertz CT molecular complexity index is 586. The van der Waals surface area contributed by atoms with Crippen molar-refractivity contribution < 1.29 is 14.2 Å². The van der Waals surface area contributed by atoms with Crippen LogP contribution in [0.2, 0.25) is 5.02 Å².